The Labute approximate surface area is 145 Å². The van der Waals surface area contributed by atoms with Crippen molar-refractivity contribution in [1.29, 1.82) is 0 Å². The van der Waals surface area contributed by atoms with E-state index in [1.807, 2.05) is 18.2 Å². The van der Waals surface area contributed by atoms with Crippen LogP contribution in [-0.2, 0) is 16.1 Å². The largest absolute Gasteiger partial charge is 0.490 e. The summed E-state index contributed by atoms with van der Waals surface area (Å²) in [7, 11) is 0. The van der Waals surface area contributed by atoms with Crippen LogP contribution in [0.1, 0.15) is 12.0 Å². The molecule has 1 aromatic carbocycles. The number of halogens is 2. The van der Waals surface area contributed by atoms with Gasteiger partial charge in [-0.2, -0.15) is 0 Å². The van der Waals surface area contributed by atoms with Crippen molar-refractivity contribution in [1.82, 2.24) is 10.2 Å². The van der Waals surface area contributed by atoms with E-state index in [0.717, 1.165) is 12.0 Å². The highest BCUT2D eigenvalue weighted by atomic mass is 19.3. The standard InChI is InChI=1S/C17H22F2N2O4/c18-16(19)10-21-4-7-23-11-13(21)17(22)20-9-12-2-3-14-15(8-12)25-6-1-5-24-14/h2-3,8,13,16H,1,4-7,9-11H2,(H,20,22). The first kappa shape index (κ1) is 17.9. The van der Waals surface area contributed by atoms with Gasteiger partial charge in [-0.15, -0.1) is 0 Å². The molecular formula is C17H22F2N2O4. The maximum absolute atomic E-state index is 12.7. The predicted molar refractivity (Wildman–Crippen MR) is 86.1 cm³/mol. The van der Waals surface area contributed by atoms with Crippen molar-refractivity contribution in [2.45, 2.75) is 25.4 Å². The molecule has 0 radical (unpaired) electrons. The highest BCUT2D eigenvalue weighted by Crippen LogP contribution is 2.30. The summed E-state index contributed by atoms with van der Waals surface area (Å²) in [5.74, 6) is 1.04. The zero-order chi connectivity index (χ0) is 17.6. The van der Waals surface area contributed by atoms with E-state index in [-0.39, 0.29) is 19.1 Å². The molecular weight excluding hydrogens is 334 g/mol. The second-order valence-corrected chi connectivity index (χ2v) is 6.03. The minimum Gasteiger partial charge on any atom is -0.490 e. The number of carbonyl (C=O) groups excluding carboxylic acids is 1. The minimum atomic E-state index is -2.48. The number of amides is 1. The zero-order valence-corrected chi connectivity index (χ0v) is 13.9. The van der Waals surface area contributed by atoms with Crippen LogP contribution in [0.4, 0.5) is 8.78 Å². The molecule has 0 aliphatic carbocycles. The van der Waals surface area contributed by atoms with Crippen LogP contribution in [0.15, 0.2) is 18.2 Å². The van der Waals surface area contributed by atoms with E-state index >= 15 is 0 Å². The predicted octanol–water partition coefficient (Wildman–Crippen LogP) is 1.43. The monoisotopic (exact) mass is 356 g/mol. The van der Waals surface area contributed by atoms with Gasteiger partial charge in [0, 0.05) is 19.5 Å². The first-order valence-corrected chi connectivity index (χ1v) is 8.39. The molecule has 0 bridgehead atoms. The Kier molecular flexibility index (Phi) is 6.04. The number of hydrogen-bond donors (Lipinski definition) is 1. The summed E-state index contributed by atoms with van der Waals surface area (Å²) in [4.78, 5) is 13.8. The first-order valence-electron chi connectivity index (χ1n) is 8.39. The van der Waals surface area contributed by atoms with Crippen molar-refractivity contribution in [2.24, 2.45) is 0 Å². The van der Waals surface area contributed by atoms with E-state index in [4.69, 9.17) is 14.2 Å². The lowest BCUT2D eigenvalue weighted by Crippen LogP contribution is -2.54. The second kappa shape index (κ2) is 8.44. The van der Waals surface area contributed by atoms with Crippen molar-refractivity contribution in [2.75, 3.05) is 39.5 Å². The molecule has 1 fully saturated rings. The Morgan fingerprint density at radius 3 is 2.84 bits per heavy atom. The fourth-order valence-corrected chi connectivity index (χ4v) is 2.90. The zero-order valence-electron chi connectivity index (χ0n) is 13.9. The van der Waals surface area contributed by atoms with E-state index in [2.05, 4.69) is 5.32 Å². The molecule has 0 aromatic heterocycles. The van der Waals surface area contributed by atoms with Gasteiger partial charge >= 0.3 is 0 Å². The lowest BCUT2D eigenvalue weighted by atomic mass is 10.1. The van der Waals surface area contributed by atoms with Crippen molar-refractivity contribution >= 4 is 5.91 Å². The quantitative estimate of drug-likeness (QED) is 0.865. The number of benzene rings is 1. The third kappa shape index (κ3) is 4.79. The van der Waals surface area contributed by atoms with E-state index < -0.39 is 19.0 Å². The average molecular weight is 356 g/mol. The van der Waals surface area contributed by atoms with Crippen LogP contribution < -0.4 is 14.8 Å². The number of ether oxygens (including phenoxy) is 3. The van der Waals surface area contributed by atoms with Crippen molar-refractivity contribution < 1.29 is 27.8 Å². The molecule has 0 spiro atoms. The van der Waals surface area contributed by atoms with Gasteiger partial charge in [0.15, 0.2) is 11.5 Å². The first-order chi connectivity index (χ1) is 12.1. The lowest BCUT2D eigenvalue weighted by molar-refractivity contribution is -0.134. The lowest BCUT2D eigenvalue weighted by Gasteiger charge is -2.34. The Hall–Kier alpha value is -1.93. The van der Waals surface area contributed by atoms with Crippen LogP contribution in [0.3, 0.4) is 0 Å². The molecule has 2 aliphatic rings. The van der Waals surface area contributed by atoms with Gasteiger partial charge in [0.1, 0.15) is 6.04 Å². The van der Waals surface area contributed by atoms with Gasteiger partial charge in [-0.1, -0.05) is 6.07 Å². The van der Waals surface area contributed by atoms with Gasteiger partial charge in [-0.25, -0.2) is 8.78 Å². The Morgan fingerprint density at radius 2 is 2.04 bits per heavy atom. The highest BCUT2D eigenvalue weighted by molar-refractivity contribution is 5.82. The van der Waals surface area contributed by atoms with E-state index in [1.54, 1.807) is 0 Å². The van der Waals surface area contributed by atoms with Gasteiger partial charge in [0.2, 0.25) is 5.91 Å². The maximum atomic E-state index is 12.7. The third-order valence-electron chi connectivity index (χ3n) is 4.19. The molecule has 2 aliphatic heterocycles. The number of alkyl halides is 2. The number of morpholine rings is 1. The summed E-state index contributed by atoms with van der Waals surface area (Å²) in [6.45, 7) is 1.88. The molecule has 1 atom stereocenters. The molecule has 25 heavy (non-hydrogen) atoms. The maximum Gasteiger partial charge on any atom is 0.251 e. The fraction of sp³-hybridized carbons (Fsp3) is 0.588. The van der Waals surface area contributed by atoms with Gasteiger partial charge in [0.25, 0.3) is 6.43 Å². The van der Waals surface area contributed by atoms with E-state index in [1.165, 1.54) is 4.90 Å². The Morgan fingerprint density at radius 1 is 1.24 bits per heavy atom. The summed E-state index contributed by atoms with van der Waals surface area (Å²) in [5, 5.41) is 2.79. The van der Waals surface area contributed by atoms with Crippen LogP contribution in [0, 0.1) is 0 Å². The molecule has 1 unspecified atom stereocenters. The van der Waals surface area contributed by atoms with E-state index in [0.29, 0.717) is 37.9 Å². The number of fused-ring (bicyclic) bond motifs is 1. The number of nitrogens with one attached hydrogen (secondary N) is 1. The molecule has 8 heteroatoms. The van der Waals surface area contributed by atoms with Crippen molar-refractivity contribution in [3.63, 3.8) is 0 Å². The minimum absolute atomic E-state index is 0.125. The van der Waals surface area contributed by atoms with Gasteiger partial charge in [-0.05, 0) is 17.7 Å². The second-order valence-electron chi connectivity index (χ2n) is 6.03. The summed E-state index contributed by atoms with van der Waals surface area (Å²) in [6, 6.07) is 4.80. The summed E-state index contributed by atoms with van der Waals surface area (Å²) in [6.07, 6.45) is -1.65. The van der Waals surface area contributed by atoms with E-state index in [9.17, 15) is 13.6 Å². The molecule has 1 amide bonds. The molecule has 6 nitrogen and oxygen atoms in total. The van der Waals surface area contributed by atoms with Gasteiger partial charge in [0.05, 0.1) is 33.0 Å². The number of nitrogens with zero attached hydrogens (tertiary/aromatic N) is 1. The molecule has 1 aromatic rings. The van der Waals surface area contributed by atoms with Crippen molar-refractivity contribution in [3.05, 3.63) is 23.8 Å². The molecule has 1 saturated heterocycles. The van der Waals surface area contributed by atoms with Crippen LogP contribution in [0.25, 0.3) is 0 Å². The molecule has 3 rings (SSSR count). The van der Waals surface area contributed by atoms with Gasteiger partial charge in [-0.3, -0.25) is 9.69 Å². The van der Waals surface area contributed by atoms with Crippen molar-refractivity contribution in [3.8, 4) is 11.5 Å². The topological polar surface area (TPSA) is 60.0 Å². The number of hydrogen-bond acceptors (Lipinski definition) is 5. The molecule has 2 heterocycles. The normalized spacial score (nSPS) is 21.0. The SMILES string of the molecule is O=C(NCc1ccc2c(c1)OCCCO2)C1COCCN1CC(F)F. The molecule has 138 valence electrons. The van der Waals surface area contributed by atoms with Crippen LogP contribution in [0.5, 0.6) is 11.5 Å². The van der Waals surface area contributed by atoms with Crippen LogP contribution in [0.2, 0.25) is 0 Å². The fourth-order valence-electron chi connectivity index (χ4n) is 2.90. The summed E-state index contributed by atoms with van der Waals surface area (Å²) >= 11 is 0. The summed E-state index contributed by atoms with van der Waals surface area (Å²) < 4.78 is 41.8. The smallest absolute Gasteiger partial charge is 0.251 e. The average Bonchev–Trinajstić information content (AvgIpc) is 2.84. The molecule has 0 saturated carbocycles. The number of carbonyl (C=O) groups is 1. The third-order valence-corrected chi connectivity index (χ3v) is 4.19. The van der Waals surface area contributed by atoms with Gasteiger partial charge < -0.3 is 19.5 Å². The number of rotatable bonds is 5. The Balaban J connectivity index is 1.58. The molecule has 1 N–H and O–H groups in total. The highest BCUT2D eigenvalue weighted by Gasteiger charge is 2.30. The Bertz CT molecular complexity index is 600. The summed E-state index contributed by atoms with van der Waals surface area (Å²) in [5.41, 5.74) is 0.856. The van der Waals surface area contributed by atoms with Crippen LogP contribution in [-0.4, -0.2) is 62.8 Å². The van der Waals surface area contributed by atoms with Crippen LogP contribution >= 0.6 is 0 Å².